The summed E-state index contributed by atoms with van der Waals surface area (Å²) in [5.74, 6) is 3.11. The first kappa shape index (κ1) is 16.3. The third kappa shape index (κ3) is 4.74. The van der Waals surface area contributed by atoms with E-state index in [1.165, 1.54) is 11.3 Å². The Labute approximate surface area is 124 Å². The van der Waals surface area contributed by atoms with Crippen LogP contribution in [0.1, 0.15) is 43.3 Å². The fraction of sp³-hybridized carbons (Fsp3) is 0.571. The van der Waals surface area contributed by atoms with Gasteiger partial charge in [0.15, 0.2) is 5.13 Å². The SMILES string of the molecule is C#CCC(CC)NC(=O)c1sc(NCC(C)C)nc1N. The monoisotopic (exact) mass is 294 g/mol. The number of hydrogen-bond donors (Lipinski definition) is 3. The number of carbonyl (C=O) groups is 1. The van der Waals surface area contributed by atoms with Crippen LogP contribution in [-0.2, 0) is 0 Å². The molecule has 1 unspecified atom stereocenters. The number of hydrogen-bond acceptors (Lipinski definition) is 5. The lowest BCUT2D eigenvalue weighted by atomic mass is 10.1. The highest BCUT2D eigenvalue weighted by Crippen LogP contribution is 2.25. The molecule has 0 aromatic carbocycles. The van der Waals surface area contributed by atoms with E-state index in [9.17, 15) is 4.79 Å². The van der Waals surface area contributed by atoms with Crippen LogP contribution in [0.5, 0.6) is 0 Å². The zero-order valence-corrected chi connectivity index (χ0v) is 13.0. The minimum Gasteiger partial charge on any atom is -0.382 e. The van der Waals surface area contributed by atoms with Crippen LogP contribution in [0.2, 0.25) is 0 Å². The van der Waals surface area contributed by atoms with Gasteiger partial charge in [-0.25, -0.2) is 4.98 Å². The van der Waals surface area contributed by atoms with Gasteiger partial charge in [-0.3, -0.25) is 4.79 Å². The Morgan fingerprint density at radius 3 is 2.80 bits per heavy atom. The molecule has 20 heavy (non-hydrogen) atoms. The zero-order valence-electron chi connectivity index (χ0n) is 12.2. The molecule has 1 aromatic heterocycles. The van der Waals surface area contributed by atoms with Crippen molar-refractivity contribution in [3.8, 4) is 12.3 Å². The van der Waals surface area contributed by atoms with Crippen LogP contribution in [0.4, 0.5) is 10.9 Å². The fourth-order valence-electron chi connectivity index (χ4n) is 1.55. The predicted molar refractivity (Wildman–Crippen MR) is 84.8 cm³/mol. The van der Waals surface area contributed by atoms with E-state index in [1.54, 1.807) is 0 Å². The molecular weight excluding hydrogens is 272 g/mol. The third-order valence-corrected chi connectivity index (χ3v) is 3.74. The highest BCUT2D eigenvalue weighted by molar-refractivity contribution is 7.18. The maximum absolute atomic E-state index is 12.1. The van der Waals surface area contributed by atoms with Gasteiger partial charge in [-0.1, -0.05) is 32.1 Å². The lowest BCUT2D eigenvalue weighted by Gasteiger charge is -2.13. The first-order valence-electron chi connectivity index (χ1n) is 6.72. The Morgan fingerprint density at radius 1 is 1.55 bits per heavy atom. The molecule has 5 nitrogen and oxygen atoms in total. The molecule has 0 radical (unpaired) electrons. The van der Waals surface area contributed by atoms with E-state index >= 15 is 0 Å². The zero-order chi connectivity index (χ0) is 15.1. The highest BCUT2D eigenvalue weighted by Gasteiger charge is 2.18. The van der Waals surface area contributed by atoms with Crippen LogP contribution >= 0.6 is 11.3 Å². The summed E-state index contributed by atoms with van der Waals surface area (Å²) in [6.45, 7) is 6.98. The molecule has 110 valence electrons. The van der Waals surface area contributed by atoms with Crippen LogP contribution in [0.3, 0.4) is 0 Å². The second kappa shape index (κ2) is 7.75. The molecule has 0 saturated carbocycles. The number of rotatable bonds is 7. The summed E-state index contributed by atoms with van der Waals surface area (Å²) in [5, 5.41) is 6.72. The van der Waals surface area contributed by atoms with Crippen molar-refractivity contribution in [2.24, 2.45) is 5.92 Å². The number of anilines is 2. The Kier molecular flexibility index (Phi) is 6.32. The summed E-state index contributed by atoms with van der Waals surface area (Å²) in [5.41, 5.74) is 5.80. The highest BCUT2D eigenvalue weighted by atomic mass is 32.1. The van der Waals surface area contributed by atoms with Crippen LogP contribution in [0.25, 0.3) is 0 Å². The van der Waals surface area contributed by atoms with E-state index in [0.717, 1.165) is 13.0 Å². The molecule has 4 N–H and O–H groups in total. The van der Waals surface area contributed by atoms with E-state index in [1.807, 2.05) is 6.92 Å². The van der Waals surface area contributed by atoms with Crippen molar-refractivity contribution in [3.63, 3.8) is 0 Å². The van der Waals surface area contributed by atoms with Gasteiger partial charge in [-0.2, -0.15) is 0 Å². The summed E-state index contributed by atoms with van der Waals surface area (Å²) in [6.07, 6.45) is 6.57. The van der Waals surface area contributed by atoms with Crippen molar-refractivity contribution < 1.29 is 4.79 Å². The van der Waals surface area contributed by atoms with Crippen molar-refractivity contribution in [3.05, 3.63) is 4.88 Å². The normalized spacial score (nSPS) is 11.9. The first-order valence-corrected chi connectivity index (χ1v) is 7.54. The van der Waals surface area contributed by atoms with Crippen molar-refractivity contribution in [1.82, 2.24) is 10.3 Å². The minimum absolute atomic E-state index is 0.0268. The predicted octanol–water partition coefficient (Wildman–Crippen LogP) is 2.32. The number of thiazole rings is 1. The molecule has 1 atom stereocenters. The summed E-state index contributed by atoms with van der Waals surface area (Å²) in [4.78, 5) is 16.7. The second-order valence-corrected chi connectivity index (χ2v) is 5.99. The topological polar surface area (TPSA) is 80.0 Å². The Bertz CT molecular complexity index is 490. The molecule has 0 aliphatic rings. The maximum atomic E-state index is 12.1. The summed E-state index contributed by atoms with van der Waals surface area (Å²) in [7, 11) is 0. The Morgan fingerprint density at radius 2 is 2.25 bits per heavy atom. The van der Waals surface area contributed by atoms with Gasteiger partial charge in [-0.05, 0) is 12.3 Å². The van der Waals surface area contributed by atoms with Crippen LogP contribution in [-0.4, -0.2) is 23.5 Å². The average Bonchev–Trinajstić information content (AvgIpc) is 2.77. The smallest absolute Gasteiger partial charge is 0.265 e. The molecule has 1 aromatic rings. The van der Waals surface area contributed by atoms with Gasteiger partial charge in [-0.15, -0.1) is 12.3 Å². The average molecular weight is 294 g/mol. The third-order valence-electron chi connectivity index (χ3n) is 2.71. The van der Waals surface area contributed by atoms with Crippen LogP contribution in [0, 0.1) is 18.3 Å². The van der Waals surface area contributed by atoms with Gasteiger partial charge < -0.3 is 16.4 Å². The molecule has 0 spiro atoms. The van der Waals surface area contributed by atoms with Gasteiger partial charge >= 0.3 is 0 Å². The number of nitrogen functional groups attached to an aromatic ring is 1. The minimum atomic E-state index is -0.209. The van der Waals surface area contributed by atoms with Gasteiger partial charge in [0.2, 0.25) is 0 Å². The van der Waals surface area contributed by atoms with Gasteiger partial charge in [0, 0.05) is 19.0 Å². The number of amides is 1. The molecular formula is C14H22N4OS. The van der Waals surface area contributed by atoms with E-state index in [-0.39, 0.29) is 17.8 Å². The molecule has 1 heterocycles. The van der Waals surface area contributed by atoms with E-state index in [4.69, 9.17) is 12.2 Å². The number of carbonyl (C=O) groups excluding carboxylic acids is 1. The second-order valence-electron chi connectivity index (χ2n) is 5.00. The van der Waals surface area contributed by atoms with Crippen LogP contribution < -0.4 is 16.4 Å². The van der Waals surface area contributed by atoms with Gasteiger partial charge in [0.1, 0.15) is 10.7 Å². The molecule has 0 aliphatic heterocycles. The molecule has 0 bridgehead atoms. The summed E-state index contributed by atoms with van der Waals surface area (Å²) in [6, 6.07) is -0.0268. The number of terminal acetylenes is 1. The van der Waals surface area contributed by atoms with Crippen LogP contribution in [0.15, 0.2) is 0 Å². The lowest BCUT2D eigenvalue weighted by molar-refractivity contribution is 0.0941. The number of aromatic nitrogens is 1. The van der Waals surface area contributed by atoms with Crippen molar-refractivity contribution >= 4 is 28.2 Å². The molecule has 1 rings (SSSR count). The molecule has 0 aliphatic carbocycles. The maximum Gasteiger partial charge on any atom is 0.265 e. The van der Waals surface area contributed by atoms with Crippen molar-refractivity contribution in [1.29, 1.82) is 0 Å². The molecule has 0 fully saturated rings. The first-order chi connectivity index (χ1) is 9.47. The molecule has 6 heteroatoms. The van der Waals surface area contributed by atoms with Gasteiger partial charge in [0.25, 0.3) is 5.91 Å². The standard InChI is InChI=1S/C14H22N4OS/c1-5-7-10(6-2)17-13(19)11-12(15)18-14(20-11)16-8-9(3)4/h1,9-10H,6-8,15H2,2-4H3,(H,16,18)(H,17,19). The fourth-order valence-corrected chi connectivity index (χ4v) is 2.35. The lowest BCUT2D eigenvalue weighted by Crippen LogP contribution is -2.33. The largest absolute Gasteiger partial charge is 0.382 e. The van der Waals surface area contributed by atoms with E-state index < -0.39 is 0 Å². The van der Waals surface area contributed by atoms with Crippen molar-refractivity contribution in [2.75, 3.05) is 17.6 Å². The number of nitrogens with zero attached hydrogens (tertiary/aromatic N) is 1. The molecule has 1 amide bonds. The summed E-state index contributed by atoms with van der Waals surface area (Å²) >= 11 is 1.27. The van der Waals surface area contributed by atoms with E-state index in [2.05, 4.69) is 35.4 Å². The molecule has 0 saturated heterocycles. The Hall–Kier alpha value is -1.74. The number of nitrogens with two attached hydrogens (primary N) is 1. The quantitative estimate of drug-likeness (QED) is 0.674. The Balaban J connectivity index is 2.71. The summed E-state index contributed by atoms with van der Waals surface area (Å²) < 4.78 is 0. The van der Waals surface area contributed by atoms with E-state index in [0.29, 0.717) is 22.3 Å². The van der Waals surface area contributed by atoms with Gasteiger partial charge in [0.05, 0.1) is 0 Å². The van der Waals surface area contributed by atoms with Crippen molar-refractivity contribution in [2.45, 2.75) is 39.7 Å². The number of nitrogens with one attached hydrogen (secondary N) is 2.